The highest BCUT2D eigenvalue weighted by Gasteiger charge is 2.20. The number of imidazole rings is 1. The summed E-state index contributed by atoms with van der Waals surface area (Å²) in [6, 6.07) is 18.0. The highest BCUT2D eigenvalue weighted by atomic mass is 32.2. The summed E-state index contributed by atoms with van der Waals surface area (Å²) in [5.74, 6) is 0.493. The van der Waals surface area contributed by atoms with Crippen LogP contribution in [0.4, 0.5) is 4.79 Å². The van der Waals surface area contributed by atoms with Crippen molar-refractivity contribution in [2.45, 2.75) is 64.3 Å². The Morgan fingerprint density at radius 2 is 1.78 bits per heavy atom. The average molecular weight is 511 g/mol. The van der Waals surface area contributed by atoms with Gasteiger partial charge in [-0.05, 0) is 57.7 Å². The van der Waals surface area contributed by atoms with Gasteiger partial charge in [-0.1, -0.05) is 61.2 Å². The third-order valence-corrected chi connectivity index (χ3v) is 6.52. The highest BCUT2D eigenvalue weighted by Crippen LogP contribution is 2.25. The topological polar surface area (TPSA) is 76.5 Å². The van der Waals surface area contributed by atoms with Crippen LogP contribution in [-0.4, -0.2) is 57.4 Å². The van der Waals surface area contributed by atoms with Gasteiger partial charge in [0.1, 0.15) is 12.1 Å². The Morgan fingerprint density at radius 3 is 2.50 bits per heavy atom. The number of carbonyl (C=O) groups excluding carboxylic acids is 2. The summed E-state index contributed by atoms with van der Waals surface area (Å²) in [6.07, 6.45) is 2.54. The van der Waals surface area contributed by atoms with Crippen LogP contribution < -0.4 is 5.32 Å². The number of benzene rings is 2. The number of nitrogens with one attached hydrogen (secondary N) is 1. The summed E-state index contributed by atoms with van der Waals surface area (Å²) < 4.78 is 7.47. The van der Waals surface area contributed by atoms with Gasteiger partial charge < -0.3 is 19.5 Å². The van der Waals surface area contributed by atoms with Crippen LogP contribution in [0.2, 0.25) is 0 Å². The van der Waals surface area contributed by atoms with Gasteiger partial charge in [-0.3, -0.25) is 4.79 Å². The molecule has 3 rings (SSSR count). The highest BCUT2D eigenvalue weighted by molar-refractivity contribution is 7.99. The number of hydrogen-bond donors (Lipinski definition) is 1. The minimum atomic E-state index is -0.539. The molecule has 0 atom stereocenters. The predicted octanol–water partition coefficient (Wildman–Crippen LogP) is 5.52. The van der Waals surface area contributed by atoms with Crippen molar-refractivity contribution in [2.75, 3.05) is 25.4 Å². The molecule has 1 N–H and O–H groups in total. The minimum absolute atomic E-state index is 0.0186. The number of rotatable bonds is 12. The first-order valence-corrected chi connectivity index (χ1v) is 13.6. The number of thioether (sulfide) groups is 1. The lowest BCUT2D eigenvalue weighted by Gasteiger charge is -2.23. The van der Waals surface area contributed by atoms with E-state index in [1.54, 1.807) is 11.8 Å². The number of urea groups is 1. The van der Waals surface area contributed by atoms with Crippen molar-refractivity contribution >= 4 is 34.8 Å². The Morgan fingerprint density at radius 1 is 1.06 bits per heavy atom. The van der Waals surface area contributed by atoms with E-state index >= 15 is 0 Å². The van der Waals surface area contributed by atoms with Gasteiger partial charge in [-0.15, -0.1) is 0 Å². The van der Waals surface area contributed by atoms with Crippen molar-refractivity contribution < 1.29 is 14.3 Å². The van der Waals surface area contributed by atoms with E-state index in [4.69, 9.17) is 9.72 Å². The van der Waals surface area contributed by atoms with Crippen LogP contribution in [0.3, 0.4) is 0 Å². The summed E-state index contributed by atoms with van der Waals surface area (Å²) in [7, 11) is 0. The Kier molecular flexibility index (Phi) is 10.2. The van der Waals surface area contributed by atoms with Crippen molar-refractivity contribution in [2.24, 2.45) is 0 Å². The Labute approximate surface area is 218 Å². The third kappa shape index (κ3) is 8.59. The molecule has 0 aliphatic carbocycles. The molecule has 0 fully saturated rings. The summed E-state index contributed by atoms with van der Waals surface area (Å²) in [6.45, 7) is 9.76. The second kappa shape index (κ2) is 13.3. The van der Waals surface area contributed by atoms with Crippen molar-refractivity contribution in [1.29, 1.82) is 0 Å². The molecular weight excluding hydrogens is 472 g/mol. The molecule has 0 unspecified atom stereocenters. The Balaban J connectivity index is 1.62. The first-order chi connectivity index (χ1) is 17.3. The van der Waals surface area contributed by atoms with Crippen LogP contribution in [0.5, 0.6) is 0 Å². The van der Waals surface area contributed by atoms with E-state index in [0.29, 0.717) is 19.6 Å². The molecule has 0 radical (unpaired) electrons. The summed E-state index contributed by atoms with van der Waals surface area (Å²) >= 11 is 1.60. The molecule has 0 spiro atoms. The maximum absolute atomic E-state index is 12.7. The minimum Gasteiger partial charge on any atom is -0.459 e. The quantitative estimate of drug-likeness (QED) is 0.197. The van der Waals surface area contributed by atoms with Gasteiger partial charge in [0, 0.05) is 25.4 Å². The first kappa shape index (κ1) is 27.6. The molecule has 0 saturated heterocycles. The lowest BCUT2D eigenvalue weighted by atomic mass is 10.1. The first-order valence-electron chi connectivity index (χ1n) is 12.6. The summed E-state index contributed by atoms with van der Waals surface area (Å²) in [5, 5.41) is 3.79. The number of nitrogens with zero attached hydrogens (tertiary/aromatic N) is 3. The molecule has 1 aromatic heterocycles. The summed E-state index contributed by atoms with van der Waals surface area (Å²) in [4.78, 5) is 31.9. The average Bonchev–Trinajstić information content (AvgIpc) is 3.18. The number of esters is 1. The van der Waals surface area contributed by atoms with E-state index in [1.807, 2.05) is 72.7 Å². The third-order valence-electron chi connectivity index (χ3n) is 5.46. The SMILES string of the molecule is CCCNC(=O)N(CCCSc1nc2ccccc2n1CC(=O)OC(C)(C)C)CCc1ccccc1. The molecule has 36 heavy (non-hydrogen) atoms. The van der Waals surface area contributed by atoms with Gasteiger partial charge >= 0.3 is 12.0 Å². The van der Waals surface area contributed by atoms with Crippen LogP contribution in [0.15, 0.2) is 59.8 Å². The van der Waals surface area contributed by atoms with Crippen molar-refractivity contribution in [3.8, 4) is 0 Å². The molecule has 7 nitrogen and oxygen atoms in total. The maximum atomic E-state index is 12.7. The Hall–Kier alpha value is -3.00. The molecule has 0 aliphatic heterocycles. The van der Waals surface area contributed by atoms with E-state index in [-0.39, 0.29) is 18.5 Å². The normalized spacial score (nSPS) is 11.4. The van der Waals surface area contributed by atoms with E-state index in [9.17, 15) is 9.59 Å². The number of hydrogen-bond acceptors (Lipinski definition) is 5. The van der Waals surface area contributed by atoms with Gasteiger partial charge in [0.05, 0.1) is 11.0 Å². The molecule has 0 aliphatic rings. The van der Waals surface area contributed by atoms with Gasteiger partial charge in [0.15, 0.2) is 5.16 Å². The van der Waals surface area contributed by atoms with Crippen molar-refractivity contribution in [1.82, 2.24) is 19.8 Å². The zero-order valence-corrected chi connectivity index (χ0v) is 22.6. The predicted molar refractivity (Wildman–Crippen MR) is 146 cm³/mol. The fourth-order valence-corrected chi connectivity index (χ4v) is 4.74. The molecule has 0 bridgehead atoms. The maximum Gasteiger partial charge on any atom is 0.326 e. The lowest BCUT2D eigenvalue weighted by Crippen LogP contribution is -2.42. The lowest BCUT2D eigenvalue weighted by molar-refractivity contribution is -0.155. The monoisotopic (exact) mass is 510 g/mol. The smallest absolute Gasteiger partial charge is 0.326 e. The molecule has 2 amide bonds. The Bertz CT molecular complexity index is 1120. The molecular formula is C28H38N4O3S. The summed E-state index contributed by atoms with van der Waals surface area (Å²) in [5.41, 5.74) is 2.44. The van der Waals surface area contributed by atoms with Crippen LogP contribution in [0.1, 0.15) is 46.1 Å². The number of para-hydroxylation sites is 2. The van der Waals surface area contributed by atoms with E-state index in [0.717, 1.165) is 41.2 Å². The van der Waals surface area contributed by atoms with Crippen LogP contribution in [-0.2, 0) is 22.5 Å². The standard InChI is InChI=1S/C28H38N4O3S/c1-5-17-29-26(34)31(19-16-22-12-7-6-8-13-22)18-11-20-36-27-30-23-14-9-10-15-24(23)32(27)21-25(33)35-28(2,3)4/h6-10,12-15H,5,11,16-21H2,1-4H3,(H,29,34). The zero-order valence-electron chi connectivity index (χ0n) is 21.8. The second-order valence-electron chi connectivity index (χ2n) is 9.71. The van der Waals surface area contributed by atoms with Crippen molar-refractivity contribution in [3.63, 3.8) is 0 Å². The number of amides is 2. The zero-order chi connectivity index (χ0) is 26.0. The molecule has 1 heterocycles. The number of carbonyl (C=O) groups is 2. The number of fused-ring (bicyclic) bond motifs is 1. The molecule has 3 aromatic rings. The van der Waals surface area contributed by atoms with E-state index in [2.05, 4.69) is 24.4 Å². The fourth-order valence-electron chi connectivity index (χ4n) is 3.81. The fraction of sp³-hybridized carbons (Fsp3) is 0.464. The molecule has 0 saturated carbocycles. The molecule has 2 aromatic carbocycles. The number of ether oxygens (including phenoxy) is 1. The largest absolute Gasteiger partial charge is 0.459 e. The van der Waals surface area contributed by atoms with Crippen molar-refractivity contribution in [3.05, 3.63) is 60.2 Å². The van der Waals surface area contributed by atoms with E-state index < -0.39 is 5.60 Å². The van der Waals surface area contributed by atoms with Gasteiger partial charge in [-0.2, -0.15) is 0 Å². The van der Waals surface area contributed by atoms with Gasteiger partial charge in [0.2, 0.25) is 0 Å². The second-order valence-corrected chi connectivity index (χ2v) is 10.8. The van der Waals surface area contributed by atoms with E-state index in [1.165, 1.54) is 5.56 Å². The molecule has 8 heteroatoms. The number of aromatic nitrogens is 2. The molecule has 194 valence electrons. The van der Waals surface area contributed by atoms with Crippen LogP contribution in [0.25, 0.3) is 11.0 Å². The van der Waals surface area contributed by atoms with Crippen LogP contribution in [0, 0.1) is 0 Å². The van der Waals surface area contributed by atoms with Crippen LogP contribution >= 0.6 is 11.8 Å². The van der Waals surface area contributed by atoms with Gasteiger partial charge in [0.25, 0.3) is 0 Å². The van der Waals surface area contributed by atoms with Gasteiger partial charge in [-0.25, -0.2) is 9.78 Å².